The van der Waals surface area contributed by atoms with Crippen LogP contribution in [0.2, 0.25) is 0 Å². The molecule has 6 aromatic rings. The van der Waals surface area contributed by atoms with Gasteiger partial charge in [0.25, 0.3) is 0 Å². The highest BCUT2D eigenvalue weighted by atomic mass is 16.6. The Morgan fingerprint density at radius 1 is 0.642 bits per heavy atom. The molecule has 2 aliphatic rings. The second kappa shape index (κ2) is 19.3. The maximum absolute atomic E-state index is 14.1. The van der Waals surface area contributed by atoms with Crippen LogP contribution in [0.4, 0.5) is 26.0 Å². The number of rotatable bonds is 6. The topological polar surface area (TPSA) is 255 Å². The third-order valence-corrected chi connectivity index (χ3v) is 9.90. The van der Waals surface area contributed by atoms with Crippen molar-refractivity contribution in [2.24, 2.45) is 5.84 Å². The smallest absolute Gasteiger partial charge is 0.440 e. The Balaban J connectivity index is 0.000000240. The predicted molar refractivity (Wildman–Crippen MR) is 244 cm³/mol. The number of hydrogen-bond donors (Lipinski definition) is 2. The largest absolute Gasteiger partial charge is 0.458 e. The molecule has 2 fully saturated rings. The van der Waals surface area contributed by atoms with Crippen molar-refractivity contribution in [2.75, 3.05) is 23.6 Å². The molecule has 0 spiro atoms. The minimum Gasteiger partial charge on any atom is -0.458 e. The van der Waals surface area contributed by atoms with Gasteiger partial charge in [0.05, 0.1) is 23.2 Å². The van der Waals surface area contributed by atoms with Gasteiger partial charge in [0.15, 0.2) is 58.6 Å². The SMILES string of the molecule is Cc1ccc(-c2nc(N(C(=O)OC(C)(C)C)N(C(=O)OC(C)(C)C)C(=O)OC(C)(C)C)c3cnn(C4CCCCO4)c3n2)o1.Cc1ccc(-c2nc(NN)c3cnn(C4CCCCO4)c3n2)o1. The Labute approximate surface area is 387 Å². The molecular formula is C45H60N12O10. The summed E-state index contributed by atoms with van der Waals surface area (Å²) in [5.41, 5.74) is 0.467. The molecule has 0 aliphatic carbocycles. The number of furan rings is 2. The zero-order chi connectivity index (χ0) is 48.4. The van der Waals surface area contributed by atoms with Crippen LogP contribution in [0.15, 0.2) is 45.5 Å². The van der Waals surface area contributed by atoms with Crippen molar-refractivity contribution < 1.29 is 46.9 Å². The lowest BCUT2D eigenvalue weighted by Crippen LogP contribution is -2.57. The van der Waals surface area contributed by atoms with Crippen molar-refractivity contribution in [3.63, 3.8) is 0 Å². The number of imide groups is 1. The van der Waals surface area contributed by atoms with Crippen molar-refractivity contribution in [3.8, 4) is 23.2 Å². The van der Waals surface area contributed by atoms with Gasteiger partial charge in [-0.2, -0.15) is 15.2 Å². The molecule has 22 nitrogen and oxygen atoms in total. The normalized spacial score (nSPS) is 16.8. The van der Waals surface area contributed by atoms with E-state index in [4.69, 9.17) is 43.3 Å². The number of nitrogens with zero attached hydrogens (tertiary/aromatic N) is 10. The zero-order valence-electron chi connectivity index (χ0n) is 39.9. The second-order valence-electron chi connectivity index (χ2n) is 19.1. The van der Waals surface area contributed by atoms with Gasteiger partial charge in [-0.3, -0.25) is 0 Å². The molecule has 2 aliphatic heterocycles. The first-order chi connectivity index (χ1) is 31.6. The van der Waals surface area contributed by atoms with E-state index in [1.54, 1.807) is 96.9 Å². The van der Waals surface area contributed by atoms with Crippen molar-refractivity contribution >= 4 is 52.0 Å². The van der Waals surface area contributed by atoms with Gasteiger partial charge in [-0.1, -0.05) is 0 Å². The number of carbonyl (C=O) groups excluding carboxylic acids is 3. The molecule has 0 bridgehead atoms. The van der Waals surface area contributed by atoms with Gasteiger partial charge in [-0.15, -0.1) is 5.01 Å². The van der Waals surface area contributed by atoms with Gasteiger partial charge in [0, 0.05) is 13.2 Å². The van der Waals surface area contributed by atoms with Gasteiger partial charge in [0.1, 0.15) is 28.3 Å². The van der Waals surface area contributed by atoms with Crippen LogP contribution >= 0.6 is 0 Å². The molecule has 2 atom stereocenters. The monoisotopic (exact) mass is 928 g/mol. The molecule has 6 aromatic heterocycles. The zero-order valence-corrected chi connectivity index (χ0v) is 39.9. The molecule has 3 N–H and O–H groups in total. The number of nitrogen functional groups attached to an aromatic ring is 1. The molecule has 8 rings (SSSR count). The molecule has 0 saturated carbocycles. The maximum Gasteiger partial charge on any atom is 0.440 e. The molecule has 0 radical (unpaired) electrons. The molecule has 0 aromatic carbocycles. The standard InChI is InChI=1S/C30H42N6O8.C15H18N6O2/c1-18-14-15-20(41-18)22-32-23-19(17-31-34(23)21-13-11-12-16-40-21)24(33-22)35(25(37)42-28(2,3)4)36(26(38)43-29(5,6)7)27(39)44-30(8,9)10;1-9-5-6-11(23-9)14-18-13(20-16)10-8-17-21(15(10)19-14)12-4-2-3-7-22-12/h14-15,17,21H,11-13,16H2,1-10H3;5-6,8,12H,2-4,7,16H2,1H3,(H,18,19,20). The minimum atomic E-state index is -1.19. The Morgan fingerprint density at radius 2 is 1.09 bits per heavy atom. The van der Waals surface area contributed by atoms with Crippen LogP contribution in [0.25, 0.3) is 45.2 Å². The lowest BCUT2D eigenvalue weighted by atomic mass is 10.2. The van der Waals surface area contributed by atoms with E-state index in [9.17, 15) is 14.4 Å². The number of ether oxygens (including phenoxy) is 5. The fraction of sp³-hybridized carbons (Fsp3) is 0.533. The van der Waals surface area contributed by atoms with Crippen LogP contribution in [-0.4, -0.2) is 92.8 Å². The van der Waals surface area contributed by atoms with Crippen LogP contribution in [-0.2, 0) is 23.7 Å². The summed E-state index contributed by atoms with van der Waals surface area (Å²) in [6, 6.07) is 7.13. The van der Waals surface area contributed by atoms with E-state index in [1.807, 2.05) is 19.1 Å². The number of nitrogens with one attached hydrogen (secondary N) is 1. The highest BCUT2D eigenvalue weighted by molar-refractivity contribution is 6.04. The minimum absolute atomic E-state index is 0.0695. The number of hydrazine groups is 2. The third-order valence-electron chi connectivity index (χ3n) is 9.90. The molecule has 2 saturated heterocycles. The summed E-state index contributed by atoms with van der Waals surface area (Å²) in [5, 5.41) is 11.1. The summed E-state index contributed by atoms with van der Waals surface area (Å²) < 4.78 is 43.5. The highest BCUT2D eigenvalue weighted by Gasteiger charge is 2.43. The summed E-state index contributed by atoms with van der Waals surface area (Å²) in [6.07, 6.45) is 4.77. The first kappa shape index (κ1) is 48.3. The van der Waals surface area contributed by atoms with E-state index in [-0.39, 0.29) is 34.7 Å². The van der Waals surface area contributed by atoms with Gasteiger partial charge < -0.3 is 37.9 Å². The Bertz CT molecular complexity index is 2680. The second-order valence-corrected chi connectivity index (χ2v) is 19.1. The van der Waals surface area contributed by atoms with Crippen molar-refractivity contribution in [3.05, 3.63) is 48.2 Å². The van der Waals surface area contributed by atoms with Crippen LogP contribution in [0.1, 0.15) is 125 Å². The van der Waals surface area contributed by atoms with E-state index in [2.05, 4.69) is 30.6 Å². The summed E-state index contributed by atoms with van der Waals surface area (Å²) in [5.74, 6) is 8.76. The van der Waals surface area contributed by atoms with Crippen molar-refractivity contribution in [1.82, 2.24) is 44.5 Å². The lowest BCUT2D eigenvalue weighted by molar-refractivity contribution is -0.0371. The molecule has 360 valence electrons. The van der Waals surface area contributed by atoms with Gasteiger partial charge >= 0.3 is 18.3 Å². The first-order valence-corrected chi connectivity index (χ1v) is 22.2. The van der Waals surface area contributed by atoms with Crippen LogP contribution in [0.5, 0.6) is 0 Å². The number of nitrogens with two attached hydrogens (primary N) is 1. The Morgan fingerprint density at radius 3 is 1.51 bits per heavy atom. The Hall–Kier alpha value is -6.65. The highest BCUT2D eigenvalue weighted by Crippen LogP contribution is 2.35. The fourth-order valence-corrected chi connectivity index (χ4v) is 7.11. The van der Waals surface area contributed by atoms with Gasteiger partial charge in [-0.25, -0.2) is 49.5 Å². The Kier molecular flexibility index (Phi) is 13.9. The number of aryl methyl sites for hydroxylation is 2. The molecule has 22 heteroatoms. The molecule has 2 unspecified atom stereocenters. The number of anilines is 2. The van der Waals surface area contributed by atoms with E-state index in [1.165, 1.54) is 6.20 Å². The molecule has 8 heterocycles. The summed E-state index contributed by atoms with van der Waals surface area (Å²) >= 11 is 0. The van der Waals surface area contributed by atoms with Crippen LogP contribution in [0.3, 0.4) is 0 Å². The average molecular weight is 929 g/mol. The van der Waals surface area contributed by atoms with E-state index < -0.39 is 41.3 Å². The number of aromatic nitrogens is 8. The van der Waals surface area contributed by atoms with Gasteiger partial charge in [0.2, 0.25) is 0 Å². The number of hydrogen-bond acceptors (Lipinski definition) is 18. The quantitative estimate of drug-likeness (QED) is 0.0895. The molecule has 3 amide bonds. The van der Waals surface area contributed by atoms with E-state index in [0.717, 1.165) is 49.9 Å². The third kappa shape index (κ3) is 11.5. The average Bonchev–Trinajstić information content (AvgIpc) is 4.08. The number of amides is 3. The van der Waals surface area contributed by atoms with Crippen molar-refractivity contribution in [2.45, 2.75) is 144 Å². The van der Waals surface area contributed by atoms with E-state index in [0.29, 0.717) is 51.9 Å². The van der Waals surface area contributed by atoms with Crippen LogP contribution < -0.4 is 16.3 Å². The lowest BCUT2D eigenvalue weighted by Gasteiger charge is -2.35. The summed E-state index contributed by atoms with van der Waals surface area (Å²) in [7, 11) is 0. The summed E-state index contributed by atoms with van der Waals surface area (Å²) in [6.45, 7) is 19.7. The van der Waals surface area contributed by atoms with Crippen molar-refractivity contribution in [1.29, 1.82) is 0 Å². The fourth-order valence-electron chi connectivity index (χ4n) is 7.11. The first-order valence-electron chi connectivity index (χ1n) is 22.2. The van der Waals surface area contributed by atoms with Crippen LogP contribution in [0, 0.1) is 13.8 Å². The molecule has 67 heavy (non-hydrogen) atoms. The van der Waals surface area contributed by atoms with Gasteiger partial charge in [-0.05, 0) is 139 Å². The van der Waals surface area contributed by atoms with E-state index >= 15 is 0 Å². The maximum atomic E-state index is 14.1. The predicted octanol–water partition coefficient (Wildman–Crippen LogP) is 9.30. The number of fused-ring (bicyclic) bond motifs is 2. The summed E-state index contributed by atoms with van der Waals surface area (Å²) in [4.78, 5) is 60.0. The number of carbonyl (C=O) groups is 3. The molecular weight excluding hydrogens is 869 g/mol.